The summed E-state index contributed by atoms with van der Waals surface area (Å²) in [5, 5.41) is 16.8. The van der Waals surface area contributed by atoms with Crippen LogP contribution in [0.25, 0.3) is 0 Å². The Balaban J connectivity index is 2.24. The van der Waals surface area contributed by atoms with Crippen molar-refractivity contribution in [1.29, 1.82) is 0 Å². The third-order valence-corrected chi connectivity index (χ3v) is 2.09. The lowest BCUT2D eigenvalue weighted by Crippen LogP contribution is -2.14. The number of hydrogen-bond donors (Lipinski definition) is 1. The number of aryl methyl sites for hydroxylation is 1. The predicted octanol–water partition coefficient (Wildman–Crippen LogP) is -0.385. The third-order valence-electron chi connectivity index (χ3n) is 2.09. The number of aliphatic carboxylic acids is 1. The van der Waals surface area contributed by atoms with Crippen molar-refractivity contribution in [3.63, 3.8) is 0 Å². The Labute approximate surface area is 69.0 Å². The van der Waals surface area contributed by atoms with Crippen LogP contribution in [0.2, 0.25) is 0 Å². The molecule has 0 aliphatic heterocycles. The molecule has 64 valence electrons. The van der Waals surface area contributed by atoms with Gasteiger partial charge in [0.1, 0.15) is 0 Å². The predicted molar refractivity (Wildman–Crippen MR) is 39.5 cm³/mol. The van der Waals surface area contributed by atoms with Gasteiger partial charge in [0, 0.05) is 19.9 Å². The molecule has 0 spiro atoms. The Morgan fingerprint density at radius 2 is 2.00 bits per heavy atom. The van der Waals surface area contributed by atoms with Gasteiger partial charge in [-0.1, -0.05) is 0 Å². The molecule has 1 aliphatic carbocycles. The molecule has 0 saturated carbocycles. The van der Waals surface area contributed by atoms with E-state index in [1.165, 1.54) is 4.80 Å². The number of carboxylic acids is 1. The van der Waals surface area contributed by atoms with Crippen LogP contribution in [0.15, 0.2) is 0 Å². The molecule has 0 radical (unpaired) electrons. The van der Waals surface area contributed by atoms with E-state index < -0.39 is 5.97 Å². The first-order valence-corrected chi connectivity index (χ1v) is 3.78. The van der Waals surface area contributed by atoms with Crippen LogP contribution in [-0.2, 0) is 24.7 Å². The van der Waals surface area contributed by atoms with Gasteiger partial charge in [-0.15, -0.1) is 0 Å². The van der Waals surface area contributed by atoms with Gasteiger partial charge in [-0.05, 0) is 0 Å². The minimum Gasteiger partial charge on any atom is -0.481 e. The Morgan fingerprint density at radius 1 is 1.50 bits per heavy atom. The lowest BCUT2D eigenvalue weighted by molar-refractivity contribution is -0.141. The van der Waals surface area contributed by atoms with Gasteiger partial charge in [0.15, 0.2) is 0 Å². The summed E-state index contributed by atoms with van der Waals surface area (Å²) < 4.78 is 0. The van der Waals surface area contributed by atoms with Crippen LogP contribution in [0.5, 0.6) is 0 Å². The first-order valence-electron chi connectivity index (χ1n) is 3.78. The first kappa shape index (κ1) is 7.27. The molecule has 0 aromatic carbocycles. The van der Waals surface area contributed by atoms with Crippen molar-refractivity contribution in [2.45, 2.75) is 12.8 Å². The summed E-state index contributed by atoms with van der Waals surface area (Å²) >= 11 is 0. The van der Waals surface area contributed by atoms with E-state index in [-0.39, 0.29) is 5.92 Å². The van der Waals surface area contributed by atoms with Gasteiger partial charge in [0.05, 0.1) is 17.3 Å². The van der Waals surface area contributed by atoms with Crippen LogP contribution in [0, 0.1) is 5.92 Å². The fourth-order valence-corrected chi connectivity index (χ4v) is 1.52. The highest BCUT2D eigenvalue weighted by Crippen LogP contribution is 2.23. The van der Waals surface area contributed by atoms with Gasteiger partial charge in [-0.2, -0.15) is 15.0 Å². The summed E-state index contributed by atoms with van der Waals surface area (Å²) in [6.45, 7) is 0. The van der Waals surface area contributed by atoms with Gasteiger partial charge < -0.3 is 5.11 Å². The van der Waals surface area contributed by atoms with Crippen LogP contribution in [0.1, 0.15) is 11.4 Å². The molecule has 0 fully saturated rings. The fraction of sp³-hybridized carbons (Fsp3) is 0.571. The van der Waals surface area contributed by atoms with Gasteiger partial charge in [-0.25, -0.2) is 0 Å². The first-order chi connectivity index (χ1) is 5.66. The molecule has 0 bridgehead atoms. The Morgan fingerprint density at radius 3 is 2.42 bits per heavy atom. The maximum absolute atomic E-state index is 10.6. The van der Waals surface area contributed by atoms with E-state index in [1.807, 2.05) is 0 Å². The van der Waals surface area contributed by atoms with Crippen LogP contribution < -0.4 is 0 Å². The number of hydrogen-bond acceptors (Lipinski definition) is 3. The zero-order chi connectivity index (χ0) is 8.72. The smallest absolute Gasteiger partial charge is 0.307 e. The number of carboxylic acid groups (broad SMARTS) is 1. The van der Waals surface area contributed by atoms with E-state index >= 15 is 0 Å². The molecule has 1 aliphatic rings. The summed E-state index contributed by atoms with van der Waals surface area (Å²) in [5.74, 6) is -1.06. The highest BCUT2D eigenvalue weighted by Gasteiger charge is 2.30. The van der Waals surface area contributed by atoms with Crippen LogP contribution in [0.4, 0.5) is 0 Å². The monoisotopic (exact) mass is 167 g/mol. The molecular formula is C7H9N3O2. The van der Waals surface area contributed by atoms with Gasteiger partial charge in [0.2, 0.25) is 0 Å². The van der Waals surface area contributed by atoms with Crippen molar-refractivity contribution in [1.82, 2.24) is 15.0 Å². The summed E-state index contributed by atoms with van der Waals surface area (Å²) in [6, 6.07) is 0. The molecule has 0 unspecified atom stereocenters. The second kappa shape index (κ2) is 2.30. The average Bonchev–Trinajstić information content (AvgIpc) is 2.42. The van der Waals surface area contributed by atoms with E-state index in [0.29, 0.717) is 12.8 Å². The largest absolute Gasteiger partial charge is 0.481 e. The van der Waals surface area contributed by atoms with Crippen molar-refractivity contribution in [3.05, 3.63) is 11.4 Å². The molecule has 0 amide bonds. The van der Waals surface area contributed by atoms with Crippen molar-refractivity contribution in [2.24, 2.45) is 13.0 Å². The lowest BCUT2D eigenvalue weighted by Gasteiger charge is -1.99. The maximum Gasteiger partial charge on any atom is 0.307 e. The third kappa shape index (κ3) is 0.975. The van der Waals surface area contributed by atoms with Gasteiger partial charge >= 0.3 is 5.97 Å². The quantitative estimate of drug-likeness (QED) is 0.618. The van der Waals surface area contributed by atoms with Gasteiger partial charge in [0.25, 0.3) is 0 Å². The Kier molecular flexibility index (Phi) is 1.39. The second-order valence-electron chi connectivity index (χ2n) is 3.03. The van der Waals surface area contributed by atoms with E-state index in [1.54, 1.807) is 7.05 Å². The highest BCUT2D eigenvalue weighted by atomic mass is 16.4. The van der Waals surface area contributed by atoms with Crippen molar-refractivity contribution >= 4 is 5.97 Å². The standard InChI is InChI=1S/C7H9N3O2/c1-10-8-5-2-4(7(11)12)3-6(5)9-10/h4H,2-3H2,1H3,(H,11,12). The van der Waals surface area contributed by atoms with E-state index in [4.69, 9.17) is 5.11 Å². The van der Waals surface area contributed by atoms with Crippen LogP contribution >= 0.6 is 0 Å². The number of rotatable bonds is 1. The zero-order valence-corrected chi connectivity index (χ0v) is 6.69. The molecule has 1 N–H and O–H groups in total. The lowest BCUT2D eigenvalue weighted by atomic mass is 10.1. The summed E-state index contributed by atoms with van der Waals surface area (Å²) in [6.07, 6.45) is 1.05. The van der Waals surface area contributed by atoms with Crippen molar-refractivity contribution in [2.75, 3.05) is 0 Å². The molecule has 1 heterocycles. The summed E-state index contributed by atoms with van der Waals surface area (Å²) in [5.41, 5.74) is 1.68. The molecule has 5 heteroatoms. The normalized spacial score (nSPS) is 16.4. The van der Waals surface area contributed by atoms with E-state index in [2.05, 4.69) is 10.2 Å². The number of fused-ring (bicyclic) bond motifs is 1. The Hall–Kier alpha value is -1.39. The highest BCUT2D eigenvalue weighted by molar-refractivity contribution is 5.71. The molecule has 1 aromatic heterocycles. The minimum absolute atomic E-state index is 0.309. The topological polar surface area (TPSA) is 68.0 Å². The number of carbonyl (C=O) groups is 1. The molecule has 5 nitrogen and oxygen atoms in total. The molecule has 1 aromatic rings. The summed E-state index contributed by atoms with van der Waals surface area (Å²) in [7, 11) is 1.74. The SMILES string of the molecule is Cn1nc2c(n1)CC(C(=O)O)C2. The number of nitrogens with zero attached hydrogens (tertiary/aromatic N) is 3. The second-order valence-corrected chi connectivity index (χ2v) is 3.03. The molecular weight excluding hydrogens is 158 g/mol. The fourth-order valence-electron chi connectivity index (χ4n) is 1.52. The van der Waals surface area contributed by atoms with E-state index in [9.17, 15) is 4.79 Å². The Bertz CT molecular complexity index is 308. The van der Waals surface area contributed by atoms with Crippen LogP contribution in [0.3, 0.4) is 0 Å². The minimum atomic E-state index is -0.752. The average molecular weight is 167 g/mol. The summed E-state index contributed by atoms with van der Waals surface area (Å²) in [4.78, 5) is 12.1. The van der Waals surface area contributed by atoms with Crippen LogP contribution in [-0.4, -0.2) is 26.1 Å². The van der Waals surface area contributed by atoms with Gasteiger partial charge in [-0.3, -0.25) is 4.79 Å². The molecule has 2 rings (SSSR count). The maximum atomic E-state index is 10.6. The molecule has 0 saturated heterocycles. The zero-order valence-electron chi connectivity index (χ0n) is 6.69. The molecule has 0 atom stereocenters. The van der Waals surface area contributed by atoms with Crippen molar-refractivity contribution in [3.8, 4) is 0 Å². The molecule has 12 heavy (non-hydrogen) atoms. The van der Waals surface area contributed by atoms with Crippen molar-refractivity contribution < 1.29 is 9.90 Å². The van der Waals surface area contributed by atoms with E-state index in [0.717, 1.165) is 11.4 Å². The number of aromatic nitrogens is 3.